The number of hydrogen-bond acceptors (Lipinski definition) is 4. The molecule has 12 heavy (non-hydrogen) atoms. The lowest BCUT2D eigenvalue weighted by Gasteiger charge is -1.99. The molecule has 1 heterocycles. The lowest BCUT2D eigenvalue weighted by molar-refractivity contribution is 0.425. The van der Waals surface area contributed by atoms with Crippen LogP contribution in [-0.2, 0) is 0 Å². The summed E-state index contributed by atoms with van der Waals surface area (Å²) in [6.45, 7) is 0. The Morgan fingerprint density at radius 3 is 2.67 bits per heavy atom. The molecule has 0 unspecified atom stereocenters. The summed E-state index contributed by atoms with van der Waals surface area (Å²) < 4.78 is 0.454. The van der Waals surface area contributed by atoms with Crippen LogP contribution >= 0.6 is 15.9 Å². The smallest absolute Gasteiger partial charge is 0.423 e. The Bertz CT molecular complexity index is 337. The van der Waals surface area contributed by atoms with Gasteiger partial charge in [-0.05, 0) is 22.0 Å². The summed E-state index contributed by atoms with van der Waals surface area (Å²) in [5.74, 6) is 0. The van der Waals surface area contributed by atoms with Gasteiger partial charge in [-0.2, -0.15) is 5.26 Å². The Hall–Kier alpha value is -0.895. The molecule has 0 radical (unpaired) electrons. The van der Waals surface area contributed by atoms with Gasteiger partial charge in [-0.25, -0.2) is 4.98 Å². The molecule has 6 heteroatoms. The zero-order chi connectivity index (χ0) is 9.14. The zero-order valence-electron chi connectivity index (χ0n) is 5.90. The molecule has 0 aliphatic carbocycles. The number of aromatic nitrogens is 1. The Kier molecular flexibility index (Phi) is 2.81. The van der Waals surface area contributed by atoms with Crippen molar-refractivity contribution in [2.45, 2.75) is 0 Å². The Labute approximate surface area is 77.8 Å². The molecule has 0 fully saturated rings. The zero-order valence-corrected chi connectivity index (χ0v) is 7.48. The van der Waals surface area contributed by atoms with Gasteiger partial charge < -0.3 is 10.0 Å². The highest BCUT2D eigenvalue weighted by Gasteiger charge is 2.12. The van der Waals surface area contributed by atoms with Gasteiger partial charge in [0.1, 0.15) is 6.07 Å². The molecule has 0 aliphatic heterocycles. The van der Waals surface area contributed by atoms with E-state index in [2.05, 4.69) is 20.9 Å². The molecule has 60 valence electrons. The average molecular weight is 227 g/mol. The molecule has 0 amide bonds. The predicted molar refractivity (Wildman–Crippen MR) is 46.5 cm³/mol. The average Bonchev–Trinajstić information content (AvgIpc) is 2.04. The normalized spacial score (nSPS) is 9.17. The molecular formula is C6H4BBrN2O2. The third-order valence-corrected chi connectivity index (χ3v) is 1.87. The molecule has 0 aromatic carbocycles. The van der Waals surface area contributed by atoms with Crippen molar-refractivity contribution in [2.75, 3.05) is 0 Å². The highest BCUT2D eigenvalue weighted by Crippen LogP contribution is 2.10. The fourth-order valence-corrected chi connectivity index (χ4v) is 1.13. The van der Waals surface area contributed by atoms with Gasteiger partial charge in [0, 0.05) is 11.7 Å². The molecule has 2 N–H and O–H groups in total. The topological polar surface area (TPSA) is 77.1 Å². The van der Waals surface area contributed by atoms with Crippen molar-refractivity contribution < 1.29 is 10.0 Å². The van der Waals surface area contributed by atoms with E-state index in [0.717, 1.165) is 0 Å². The SMILES string of the molecule is N#Cc1ncc(B(O)O)cc1Br. The maximum absolute atomic E-state index is 8.72. The summed E-state index contributed by atoms with van der Waals surface area (Å²) in [6, 6.07) is 3.28. The largest absolute Gasteiger partial charge is 0.490 e. The second-order valence-corrected chi connectivity index (χ2v) is 2.94. The monoisotopic (exact) mass is 226 g/mol. The van der Waals surface area contributed by atoms with Crippen LogP contribution in [0.3, 0.4) is 0 Å². The summed E-state index contributed by atoms with van der Waals surface area (Å²) >= 11 is 3.07. The Morgan fingerprint density at radius 2 is 2.25 bits per heavy atom. The van der Waals surface area contributed by atoms with Crippen LogP contribution in [0.25, 0.3) is 0 Å². The standard InChI is InChI=1S/C6H4BBrN2O2/c8-5-1-4(7(11)12)3-10-6(5)2-9/h1,3,11-12H. The van der Waals surface area contributed by atoms with E-state index >= 15 is 0 Å². The number of nitriles is 1. The van der Waals surface area contributed by atoms with Gasteiger partial charge >= 0.3 is 7.12 Å². The number of pyridine rings is 1. The van der Waals surface area contributed by atoms with Crippen LogP contribution in [0.15, 0.2) is 16.7 Å². The lowest BCUT2D eigenvalue weighted by Crippen LogP contribution is -2.30. The molecule has 1 aromatic heterocycles. The van der Waals surface area contributed by atoms with E-state index in [1.54, 1.807) is 0 Å². The van der Waals surface area contributed by atoms with Crippen molar-refractivity contribution in [3.63, 3.8) is 0 Å². The van der Waals surface area contributed by atoms with Gasteiger partial charge in [-0.15, -0.1) is 0 Å². The fraction of sp³-hybridized carbons (Fsp3) is 0. The quantitative estimate of drug-likeness (QED) is 0.627. The third kappa shape index (κ3) is 1.82. The van der Waals surface area contributed by atoms with Crippen LogP contribution < -0.4 is 5.46 Å². The first-order chi connectivity index (χ1) is 5.65. The molecule has 1 rings (SSSR count). The minimum atomic E-state index is -1.55. The summed E-state index contributed by atoms with van der Waals surface area (Å²) in [6.07, 6.45) is 1.24. The van der Waals surface area contributed by atoms with E-state index in [1.807, 2.05) is 6.07 Å². The molecular weight excluding hydrogens is 223 g/mol. The summed E-state index contributed by atoms with van der Waals surface area (Å²) in [5.41, 5.74) is 0.472. The van der Waals surface area contributed by atoms with Crippen molar-refractivity contribution >= 4 is 28.5 Å². The maximum atomic E-state index is 8.72. The molecule has 0 saturated carbocycles. The van der Waals surface area contributed by atoms with E-state index in [4.69, 9.17) is 15.3 Å². The molecule has 0 bridgehead atoms. The van der Waals surface area contributed by atoms with Crippen LogP contribution in [0.2, 0.25) is 0 Å². The highest BCUT2D eigenvalue weighted by atomic mass is 79.9. The lowest BCUT2D eigenvalue weighted by atomic mass is 9.82. The molecule has 0 spiro atoms. The van der Waals surface area contributed by atoms with E-state index in [0.29, 0.717) is 4.47 Å². The Balaban J connectivity index is 3.12. The number of hydrogen-bond donors (Lipinski definition) is 2. The third-order valence-electron chi connectivity index (χ3n) is 1.27. The van der Waals surface area contributed by atoms with E-state index in [-0.39, 0.29) is 11.2 Å². The van der Waals surface area contributed by atoms with Gasteiger partial charge in [0.25, 0.3) is 0 Å². The van der Waals surface area contributed by atoms with Crippen molar-refractivity contribution in [1.82, 2.24) is 4.98 Å². The highest BCUT2D eigenvalue weighted by molar-refractivity contribution is 9.10. The number of nitrogens with zero attached hydrogens (tertiary/aromatic N) is 2. The first-order valence-electron chi connectivity index (χ1n) is 3.07. The fourth-order valence-electron chi connectivity index (χ4n) is 0.676. The summed E-state index contributed by atoms with van der Waals surface area (Å²) in [4.78, 5) is 3.69. The second kappa shape index (κ2) is 3.67. The molecule has 0 atom stereocenters. The van der Waals surface area contributed by atoms with Gasteiger partial charge in [0.15, 0.2) is 5.69 Å². The first-order valence-corrected chi connectivity index (χ1v) is 3.86. The molecule has 1 aromatic rings. The van der Waals surface area contributed by atoms with E-state index < -0.39 is 7.12 Å². The Morgan fingerprint density at radius 1 is 1.58 bits per heavy atom. The van der Waals surface area contributed by atoms with Crippen LogP contribution in [0.4, 0.5) is 0 Å². The van der Waals surface area contributed by atoms with Crippen LogP contribution in [0.1, 0.15) is 5.69 Å². The first kappa shape index (κ1) is 9.19. The predicted octanol–water partition coefficient (Wildman–Crippen LogP) is -0.604. The summed E-state index contributed by atoms with van der Waals surface area (Å²) in [7, 11) is -1.55. The minimum absolute atomic E-state index is 0.222. The molecule has 0 saturated heterocycles. The van der Waals surface area contributed by atoms with Gasteiger partial charge in [-0.1, -0.05) is 0 Å². The van der Waals surface area contributed by atoms with Crippen molar-refractivity contribution in [1.29, 1.82) is 5.26 Å². The second-order valence-electron chi connectivity index (χ2n) is 2.08. The van der Waals surface area contributed by atoms with E-state index in [9.17, 15) is 0 Å². The van der Waals surface area contributed by atoms with Crippen molar-refractivity contribution in [2.24, 2.45) is 0 Å². The van der Waals surface area contributed by atoms with Gasteiger partial charge in [0.2, 0.25) is 0 Å². The van der Waals surface area contributed by atoms with E-state index in [1.165, 1.54) is 12.3 Å². The minimum Gasteiger partial charge on any atom is -0.423 e. The number of rotatable bonds is 1. The van der Waals surface area contributed by atoms with Gasteiger partial charge in [0.05, 0.1) is 4.47 Å². The van der Waals surface area contributed by atoms with Crippen LogP contribution in [-0.4, -0.2) is 22.2 Å². The maximum Gasteiger partial charge on any atom is 0.490 e. The van der Waals surface area contributed by atoms with Crippen LogP contribution in [0, 0.1) is 11.3 Å². The van der Waals surface area contributed by atoms with Crippen molar-refractivity contribution in [3.8, 4) is 6.07 Å². The van der Waals surface area contributed by atoms with Crippen LogP contribution in [0.5, 0.6) is 0 Å². The number of halogens is 1. The summed E-state index contributed by atoms with van der Waals surface area (Å²) in [5, 5.41) is 25.9. The van der Waals surface area contributed by atoms with Crippen molar-refractivity contribution in [3.05, 3.63) is 22.4 Å². The molecule has 4 nitrogen and oxygen atoms in total. The molecule has 0 aliphatic rings. The van der Waals surface area contributed by atoms with Gasteiger partial charge in [-0.3, -0.25) is 0 Å².